The molecule has 0 unspecified atom stereocenters. The molecule has 1 saturated carbocycles. The van der Waals surface area contributed by atoms with Crippen molar-refractivity contribution in [3.05, 3.63) is 63.8 Å². The van der Waals surface area contributed by atoms with Gasteiger partial charge in [-0.1, -0.05) is 23.8 Å². The third-order valence-corrected chi connectivity index (χ3v) is 4.35. The second-order valence-electron chi connectivity index (χ2n) is 6.27. The van der Waals surface area contributed by atoms with Crippen molar-refractivity contribution in [2.24, 2.45) is 0 Å². The van der Waals surface area contributed by atoms with Gasteiger partial charge in [-0.2, -0.15) is 0 Å². The molecule has 1 aliphatic rings. The Balaban J connectivity index is 1.79. The van der Waals surface area contributed by atoms with Gasteiger partial charge < -0.3 is 4.42 Å². The van der Waals surface area contributed by atoms with E-state index in [4.69, 9.17) is 4.42 Å². The van der Waals surface area contributed by atoms with Crippen molar-refractivity contribution in [1.82, 2.24) is 14.3 Å². The molecule has 2 heterocycles. The maximum absolute atomic E-state index is 12.8. The monoisotopic (exact) mass is 309 g/mol. The average molecular weight is 309 g/mol. The minimum absolute atomic E-state index is 0.0557. The van der Waals surface area contributed by atoms with Gasteiger partial charge in [0.1, 0.15) is 0 Å². The topological polar surface area (TPSA) is 53.0 Å². The second kappa shape index (κ2) is 5.26. The summed E-state index contributed by atoms with van der Waals surface area (Å²) in [6, 6.07) is 10.2. The third kappa shape index (κ3) is 2.52. The van der Waals surface area contributed by atoms with Gasteiger partial charge in [-0.3, -0.25) is 4.57 Å². The van der Waals surface area contributed by atoms with E-state index < -0.39 is 0 Å². The molecule has 0 bridgehead atoms. The molecule has 23 heavy (non-hydrogen) atoms. The van der Waals surface area contributed by atoms with Gasteiger partial charge in [0, 0.05) is 6.04 Å². The molecule has 0 N–H and O–H groups in total. The highest BCUT2D eigenvalue weighted by molar-refractivity contribution is 5.46. The lowest BCUT2D eigenvalue weighted by Gasteiger charge is -2.06. The molecule has 0 saturated heterocycles. The summed E-state index contributed by atoms with van der Waals surface area (Å²) in [5.74, 6) is 1.28. The minimum atomic E-state index is -0.0557. The first-order valence-electron chi connectivity index (χ1n) is 7.93. The van der Waals surface area contributed by atoms with Crippen LogP contribution in [0.1, 0.15) is 35.6 Å². The van der Waals surface area contributed by atoms with Crippen molar-refractivity contribution in [3.8, 4) is 11.6 Å². The van der Waals surface area contributed by atoms with Crippen molar-refractivity contribution in [1.29, 1.82) is 0 Å². The Morgan fingerprint density at radius 1 is 1.26 bits per heavy atom. The molecule has 5 nitrogen and oxygen atoms in total. The summed E-state index contributed by atoms with van der Waals surface area (Å²) in [6.45, 7) is 4.60. The molecule has 3 aromatic rings. The molecule has 1 aromatic carbocycles. The van der Waals surface area contributed by atoms with Crippen LogP contribution in [0.4, 0.5) is 0 Å². The zero-order chi connectivity index (χ0) is 16.0. The van der Waals surface area contributed by atoms with Gasteiger partial charge in [-0.25, -0.2) is 9.48 Å². The zero-order valence-electron chi connectivity index (χ0n) is 13.3. The van der Waals surface area contributed by atoms with E-state index in [0.717, 1.165) is 18.4 Å². The zero-order valence-corrected chi connectivity index (χ0v) is 13.3. The van der Waals surface area contributed by atoms with E-state index >= 15 is 0 Å². The first-order valence-corrected chi connectivity index (χ1v) is 7.93. The van der Waals surface area contributed by atoms with Crippen molar-refractivity contribution >= 4 is 0 Å². The Hall–Kier alpha value is -2.56. The molecule has 0 amide bonds. The van der Waals surface area contributed by atoms with Crippen molar-refractivity contribution < 1.29 is 4.42 Å². The Kier molecular flexibility index (Phi) is 3.22. The number of hydrogen-bond acceptors (Lipinski definition) is 3. The molecule has 0 atom stereocenters. The summed E-state index contributed by atoms with van der Waals surface area (Å²) in [5, 5.41) is 4.55. The molecule has 0 aliphatic heterocycles. The summed E-state index contributed by atoms with van der Waals surface area (Å²) in [6.07, 6.45) is 3.67. The van der Waals surface area contributed by atoms with E-state index in [1.807, 2.05) is 12.1 Å². The van der Waals surface area contributed by atoms with Gasteiger partial charge in [0.15, 0.2) is 5.76 Å². The van der Waals surface area contributed by atoms with Crippen LogP contribution in [-0.4, -0.2) is 14.3 Å². The van der Waals surface area contributed by atoms with Crippen LogP contribution in [0.25, 0.3) is 11.6 Å². The summed E-state index contributed by atoms with van der Waals surface area (Å²) in [5.41, 5.74) is 3.42. The molecule has 118 valence electrons. The van der Waals surface area contributed by atoms with Crippen LogP contribution >= 0.6 is 0 Å². The first kappa shape index (κ1) is 14.1. The fraction of sp³-hybridized carbons (Fsp3) is 0.333. The molecule has 2 aromatic heterocycles. The normalized spacial score (nSPS) is 14.3. The van der Waals surface area contributed by atoms with Gasteiger partial charge in [0.05, 0.1) is 12.8 Å². The molecule has 1 aliphatic carbocycles. The van der Waals surface area contributed by atoms with Gasteiger partial charge in [-0.15, -0.1) is 5.10 Å². The predicted molar refractivity (Wildman–Crippen MR) is 87.5 cm³/mol. The summed E-state index contributed by atoms with van der Waals surface area (Å²) in [4.78, 5) is 12.8. The smallest absolute Gasteiger partial charge is 0.346 e. The van der Waals surface area contributed by atoms with Crippen molar-refractivity contribution in [2.45, 2.75) is 39.3 Å². The lowest BCUT2D eigenvalue weighted by Crippen LogP contribution is -2.25. The van der Waals surface area contributed by atoms with Crippen LogP contribution in [-0.2, 0) is 6.54 Å². The number of rotatable bonds is 4. The quantitative estimate of drug-likeness (QED) is 0.743. The fourth-order valence-electron chi connectivity index (χ4n) is 2.89. The molecule has 1 fully saturated rings. The number of nitrogens with zero attached hydrogens (tertiary/aromatic N) is 3. The number of benzene rings is 1. The highest BCUT2D eigenvalue weighted by Crippen LogP contribution is 2.36. The molecular formula is C18H19N3O2. The van der Waals surface area contributed by atoms with Gasteiger partial charge >= 0.3 is 5.69 Å². The molecular weight excluding hydrogens is 290 g/mol. The van der Waals surface area contributed by atoms with Crippen LogP contribution in [0, 0.1) is 13.8 Å². The molecule has 0 spiro atoms. The van der Waals surface area contributed by atoms with Crippen LogP contribution in [0.5, 0.6) is 0 Å². The number of aryl methyl sites for hydroxylation is 2. The van der Waals surface area contributed by atoms with Gasteiger partial charge in [0.25, 0.3) is 0 Å². The number of aromatic nitrogens is 3. The van der Waals surface area contributed by atoms with Crippen LogP contribution in [0.3, 0.4) is 0 Å². The Morgan fingerprint density at radius 3 is 2.78 bits per heavy atom. The molecule has 0 radical (unpaired) electrons. The fourth-order valence-corrected chi connectivity index (χ4v) is 2.89. The standard InChI is InChI=1S/C18H19N3O2/c1-12-5-6-13(2)14(10-12)11-20-18(22)21(15-7-8-15)17(19-20)16-4-3-9-23-16/h3-6,9-10,15H,7-8,11H2,1-2H3. The Labute approximate surface area is 134 Å². The summed E-state index contributed by atoms with van der Waals surface area (Å²) < 4.78 is 8.80. The highest BCUT2D eigenvalue weighted by Gasteiger charge is 2.31. The molecule has 4 rings (SSSR count). The average Bonchev–Trinajstić information content (AvgIpc) is 3.10. The Bertz CT molecular complexity index is 899. The van der Waals surface area contributed by atoms with E-state index in [9.17, 15) is 4.79 Å². The van der Waals surface area contributed by atoms with Crippen molar-refractivity contribution in [2.75, 3.05) is 0 Å². The maximum Gasteiger partial charge on any atom is 0.346 e. The number of furan rings is 1. The lowest BCUT2D eigenvalue weighted by molar-refractivity contribution is 0.568. The number of hydrogen-bond donors (Lipinski definition) is 0. The van der Waals surface area contributed by atoms with Gasteiger partial charge in [-0.05, 0) is 49.9 Å². The third-order valence-electron chi connectivity index (χ3n) is 4.35. The van der Waals surface area contributed by atoms with E-state index in [-0.39, 0.29) is 11.7 Å². The summed E-state index contributed by atoms with van der Waals surface area (Å²) in [7, 11) is 0. The largest absolute Gasteiger partial charge is 0.461 e. The maximum atomic E-state index is 12.8. The van der Waals surface area contributed by atoms with E-state index in [2.05, 4.69) is 37.1 Å². The van der Waals surface area contributed by atoms with Crippen LogP contribution < -0.4 is 5.69 Å². The van der Waals surface area contributed by atoms with E-state index in [1.165, 1.54) is 11.1 Å². The lowest BCUT2D eigenvalue weighted by atomic mass is 10.1. The van der Waals surface area contributed by atoms with Crippen molar-refractivity contribution in [3.63, 3.8) is 0 Å². The van der Waals surface area contributed by atoms with E-state index in [1.54, 1.807) is 15.5 Å². The first-order chi connectivity index (χ1) is 11.1. The van der Waals surface area contributed by atoms with Crippen LogP contribution in [0.15, 0.2) is 45.8 Å². The predicted octanol–water partition coefficient (Wildman–Crippen LogP) is 3.30. The summed E-state index contributed by atoms with van der Waals surface area (Å²) >= 11 is 0. The SMILES string of the molecule is Cc1ccc(C)c(Cn2nc(-c3ccco3)n(C3CC3)c2=O)c1. The minimum Gasteiger partial charge on any atom is -0.461 e. The Morgan fingerprint density at radius 2 is 2.09 bits per heavy atom. The second-order valence-corrected chi connectivity index (χ2v) is 6.27. The van der Waals surface area contributed by atoms with Crippen LogP contribution in [0.2, 0.25) is 0 Å². The molecule has 5 heteroatoms. The van der Waals surface area contributed by atoms with Gasteiger partial charge in [0.2, 0.25) is 5.82 Å². The highest BCUT2D eigenvalue weighted by atomic mass is 16.3. The van der Waals surface area contributed by atoms with E-state index in [0.29, 0.717) is 18.1 Å².